The Hall–Kier alpha value is -0.890. The maximum Gasteiger partial charge on any atom is 0.126 e. The van der Waals surface area contributed by atoms with Gasteiger partial charge in [0.2, 0.25) is 0 Å². The molecule has 3 atom stereocenters. The molecule has 1 aromatic carbocycles. The Labute approximate surface area is 77.8 Å². The maximum atomic E-state index is 13.3. The van der Waals surface area contributed by atoms with Gasteiger partial charge in [-0.05, 0) is 36.8 Å². The van der Waals surface area contributed by atoms with Crippen molar-refractivity contribution in [3.8, 4) is 0 Å². The van der Waals surface area contributed by atoms with E-state index < -0.39 is 0 Å². The number of halogens is 1. The number of hydrogen-bond donors (Lipinski definition) is 1. The Morgan fingerprint density at radius 1 is 1.46 bits per heavy atom. The third kappa shape index (κ3) is 1.59. The highest BCUT2D eigenvalue weighted by Gasteiger charge is 2.41. The minimum absolute atomic E-state index is 0.0874. The van der Waals surface area contributed by atoms with Crippen molar-refractivity contribution in [3.05, 3.63) is 35.6 Å². The van der Waals surface area contributed by atoms with Gasteiger partial charge in [-0.1, -0.05) is 18.2 Å². The van der Waals surface area contributed by atoms with Gasteiger partial charge in [-0.3, -0.25) is 0 Å². The van der Waals surface area contributed by atoms with E-state index in [2.05, 4.69) is 0 Å². The van der Waals surface area contributed by atoms with E-state index in [0.717, 1.165) is 12.0 Å². The van der Waals surface area contributed by atoms with E-state index in [1.54, 1.807) is 6.07 Å². The van der Waals surface area contributed by atoms with Crippen molar-refractivity contribution in [1.82, 2.24) is 0 Å². The Morgan fingerprint density at radius 3 is 2.69 bits per heavy atom. The van der Waals surface area contributed by atoms with Crippen molar-refractivity contribution < 1.29 is 4.39 Å². The summed E-state index contributed by atoms with van der Waals surface area (Å²) in [4.78, 5) is 0. The fraction of sp³-hybridized carbons (Fsp3) is 0.455. The zero-order chi connectivity index (χ0) is 9.42. The molecule has 1 aliphatic carbocycles. The van der Waals surface area contributed by atoms with Crippen LogP contribution in [0, 0.1) is 11.7 Å². The fourth-order valence-corrected chi connectivity index (χ4v) is 1.93. The summed E-state index contributed by atoms with van der Waals surface area (Å²) in [6.45, 7) is 1.99. The quantitative estimate of drug-likeness (QED) is 0.740. The average molecular weight is 179 g/mol. The van der Waals surface area contributed by atoms with Crippen molar-refractivity contribution in [3.63, 3.8) is 0 Å². The van der Waals surface area contributed by atoms with Crippen LogP contribution in [-0.2, 0) is 0 Å². The van der Waals surface area contributed by atoms with Crippen LogP contribution in [0.5, 0.6) is 0 Å². The van der Waals surface area contributed by atoms with Gasteiger partial charge < -0.3 is 5.73 Å². The first-order valence-corrected chi connectivity index (χ1v) is 4.70. The summed E-state index contributed by atoms with van der Waals surface area (Å²) in [6, 6.07) is 7.18. The summed E-state index contributed by atoms with van der Waals surface area (Å²) in [5.74, 6) is 0.758. The van der Waals surface area contributed by atoms with Crippen LogP contribution in [0.2, 0.25) is 0 Å². The van der Waals surface area contributed by atoms with E-state index in [9.17, 15) is 4.39 Å². The molecular weight excluding hydrogens is 165 g/mol. The van der Waals surface area contributed by atoms with Gasteiger partial charge in [0.25, 0.3) is 0 Å². The summed E-state index contributed by atoms with van der Waals surface area (Å²) in [5, 5.41) is 0. The first kappa shape index (κ1) is 8.70. The van der Waals surface area contributed by atoms with Crippen molar-refractivity contribution >= 4 is 0 Å². The Bertz CT molecular complexity index is 309. The van der Waals surface area contributed by atoms with Gasteiger partial charge in [-0.25, -0.2) is 4.39 Å². The molecule has 2 N–H and O–H groups in total. The second kappa shape index (κ2) is 3.11. The predicted molar refractivity (Wildman–Crippen MR) is 50.9 cm³/mol. The highest BCUT2D eigenvalue weighted by Crippen LogP contribution is 2.49. The van der Waals surface area contributed by atoms with E-state index in [4.69, 9.17) is 5.73 Å². The summed E-state index contributed by atoms with van der Waals surface area (Å²) in [6.07, 6.45) is 1.04. The molecule has 1 aromatic rings. The van der Waals surface area contributed by atoms with Crippen molar-refractivity contribution in [2.24, 2.45) is 11.7 Å². The summed E-state index contributed by atoms with van der Waals surface area (Å²) < 4.78 is 13.3. The minimum atomic E-state index is -0.0874. The molecular formula is C11H14FN. The minimum Gasteiger partial charge on any atom is -0.328 e. The van der Waals surface area contributed by atoms with Gasteiger partial charge in [0.05, 0.1) is 0 Å². The van der Waals surface area contributed by atoms with Crippen LogP contribution in [0.3, 0.4) is 0 Å². The first-order valence-electron chi connectivity index (χ1n) is 4.70. The fourth-order valence-electron chi connectivity index (χ4n) is 1.93. The number of benzene rings is 1. The standard InChI is InChI=1S/C11H14FN/c1-7(13)9-6-10(9)8-4-2-3-5-11(8)12/h2-5,7,9-10H,6,13H2,1H3/t7-,9-,10-/m1/s1. The lowest BCUT2D eigenvalue weighted by Gasteiger charge is -2.04. The molecule has 0 unspecified atom stereocenters. The van der Waals surface area contributed by atoms with E-state index in [0.29, 0.717) is 11.8 Å². The normalized spacial score (nSPS) is 28.5. The molecule has 1 saturated carbocycles. The molecule has 1 aliphatic rings. The van der Waals surface area contributed by atoms with Gasteiger partial charge >= 0.3 is 0 Å². The van der Waals surface area contributed by atoms with Crippen LogP contribution in [0.4, 0.5) is 4.39 Å². The molecule has 0 aliphatic heterocycles. The van der Waals surface area contributed by atoms with E-state index in [1.165, 1.54) is 6.07 Å². The molecule has 0 radical (unpaired) electrons. The Balaban J connectivity index is 2.16. The predicted octanol–water partition coefficient (Wildman–Crippen LogP) is 2.28. The highest BCUT2D eigenvalue weighted by molar-refractivity contribution is 5.28. The summed E-state index contributed by atoms with van der Waals surface area (Å²) in [5.41, 5.74) is 6.59. The maximum absolute atomic E-state index is 13.3. The first-order chi connectivity index (χ1) is 6.20. The summed E-state index contributed by atoms with van der Waals surface area (Å²) >= 11 is 0. The third-order valence-electron chi connectivity index (χ3n) is 2.82. The zero-order valence-electron chi connectivity index (χ0n) is 7.70. The topological polar surface area (TPSA) is 26.0 Å². The number of hydrogen-bond acceptors (Lipinski definition) is 1. The van der Waals surface area contributed by atoms with E-state index >= 15 is 0 Å². The molecule has 1 fully saturated rings. The molecule has 0 spiro atoms. The SMILES string of the molecule is C[C@@H](N)[C@H]1C[C@@H]1c1ccccc1F. The van der Waals surface area contributed by atoms with Gasteiger partial charge in [0.1, 0.15) is 5.82 Å². The second-order valence-corrected chi connectivity index (χ2v) is 3.89. The van der Waals surface area contributed by atoms with Gasteiger partial charge in [-0.2, -0.15) is 0 Å². The van der Waals surface area contributed by atoms with Gasteiger partial charge in [0.15, 0.2) is 0 Å². The summed E-state index contributed by atoms with van der Waals surface area (Å²) in [7, 11) is 0. The molecule has 1 nitrogen and oxygen atoms in total. The second-order valence-electron chi connectivity index (χ2n) is 3.89. The number of rotatable bonds is 2. The molecule has 0 saturated heterocycles. The van der Waals surface area contributed by atoms with E-state index in [-0.39, 0.29) is 11.9 Å². The molecule has 0 heterocycles. The molecule has 70 valence electrons. The van der Waals surface area contributed by atoms with Crippen molar-refractivity contribution in [2.45, 2.75) is 25.3 Å². The van der Waals surface area contributed by atoms with Crippen LogP contribution >= 0.6 is 0 Å². The molecule has 0 amide bonds. The lowest BCUT2D eigenvalue weighted by atomic mass is 10.1. The number of nitrogens with two attached hydrogens (primary N) is 1. The van der Waals surface area contributed by atoms with Crippen molar-refractivity contribution in [2.75, 3.05) is 0 Å². The van der Waals surface area contributed by atoms with Gasteiger partial charge in [-0.15, -0.1) is 0 Å². The van der Waals surface area contributed by atoms with Crippen molar-refractivity contribution in [1.29, 1.82) is 0 Å². The zero-order valence-corrected chi connectivity index (χ0v) is 7.70. The molecule has 2 rings (SSSR count). The smallest absolute Gasteiger partial charge is 0.126 e. The lowest BCUT2D eigenvalue weighted by molar-refractivity contribution is 0.589. The highest BCUT2D eigenvalue weighted by atomic mass is 19.1. The molecule has 13 heavy (non-hydrogen) atoms. The Morgan fingerprint density at radius 2 is 2.15 bits per heavy atom. The van der Waals surface area contributed by atoms with E-state index in [1.807, 2.05) is 19.1 Å². The lowest BCUT2D eigenvalue weighted by Crippen LogP contribution is -2.18. The van der Waals surface area contributed by atoms with Crippen LogP contribution in [0.1, 0.15) is 24.8 Å². The third-order valence-corrected chi connectivity index (χ3v) is 2.82. The van der Waals surface area contributed by atoms with Crippen LogP contribution in [-0.4, -0.2) is 6.04 Å². The molecule has 0 bridgehead atoms. The monoisotopic (exact) mass is 179 g/mol. The van der Waals surface area contributed by atoms with Gasteiger partial charge in [0, 0.05) is 6.04 Å². The van der Waals surface area contributed by atoms with Crippen LogP contribution < -0.4 is 5.73 Å². The average Bonchev–Trinajstić information content (AvgIpc) is 2.84. The Kier molecular flexibility index (Phi) is 2.08. The van der Waals surface area contributed by atoms with Crippen LogP contribution in [0.25, 0.3) is 0 Å². The largest absolute Gasteiger partial charge is 0.328 e. The van der Waals surface area contributed by atoms with Crippen LogP contribution in [0.15, 0.2) is 24.3 Å². The molecule has 2 heteroatoms. The molecule has 0 aromatic heterocycles.